The second-order valence-corrected chi connectivity index (χ2v) is 2.97. The smallest absolute Gasteiger partial charge is 0.358 e. The Morgan fingerprint density at radius 2 is 2.33 bits per heavy atom. The SMILES string of the molecule is COC(=O)c1c(NC(=O)CCl)cnn1C. The van der Waals surface area contributed by atoms with Gasteiger partial charge in [-0.3, -0.25) is 9.48 Å². The van der Waals surface area contributed by atoms with Crippen molar-refractivity contribution in [3.63, 3.8) is 0 Å². The van der Waals surface area contributed by atoms with E-state index in [0.29, 0.717) is 0 Å². The van der Waals surface area contributed by atoms with Crippen molar-refractivity contribution in [2.24, 2.45) is 7.05 Å². The largest absolute Gasteiger partial charge is 0.464 e. The van der Waals surface area contributed by atoms with E-state index in [1.807, 2.05) is 0 Å². The lowest BCUT2D eigenvalue weighted by atomic mass is 10.3. The Kier molecular flexibility index (Phi) is 3.68. The van der Waals surface area contributed by atoms with Crippen molar-refractivity contribution >= 4 is 29.2 Å². The van der Waals surface area contributed by atoms with E-state index < -0.39 is 11.9 Å². The highest BCUT2D eigenvalue weighted by atomic mass is 35.5. The van der Waals surface area contributed by atoms with Gasteiger partial charge in [0.2, 0.25) is 5.91 Å². The van der Waals surface area contributed by atoms with Crippen molar-refractivity contribution in [1.82, 2.24) is 9.78 Å². The van der Waals surface area contributed by atoms with E-state index in [1.54, 1.807) is 7.05 Å². The maximum absolute atomic E-state index is 11.3. The number of hydrogen-bond acceptors (Lipinski definition) is 4. The monoisotopic (exact) mass is 231 g/mol. The lowest BCUT2D eigenvalue weighted by Gasteiger charge is -2.04. The average Bonchev–Trinajstić information content (AvgIpc) is 2.58. The molecule has 0 fully saturated rings. The average molecular weight is 232 g/mol. The molecule has 0 aliphatic heterocycles. The van der Waals surface area contributed by atoms with Crippen LogP contribution in [0, 0.1) is 0 Å². The number of halogens is 1. The first kappa shape index (κ1) is 11.5. The van der Waals surface area contributed by atoms with Gasteiger partial charge in [0, 0.05) is 7.05 Å². The predicted octanol–water partition coefficient (Wildman–Crippen LogP) is 0.384. The summed E-state index contributed by atoms with van der Waals surface area (Å²) in [6.07, 6.45) is 1.36. The molecule has 1 aromatic rings. The Bertz CT molecular complexity index is 388. The first-order valence-electron chi connectivity index (χ1n) is 4.06. The number of nitrogens with zero attached hydrogens (tertiary/aromatic N) is 2. The van der Waals surface area contributed by atoms with Gasteiger partial charge >= 0.3 is 5.97 Å². The molecule has 0 atom stereocenters. The van der Waals surface area contributed by atoms with Gasteiger partial charge in [-0.05, 0) is 0 Å². The van der Waals surface area contributed by atoms with E-state index in [4.69, 9.17) is 11.6 Å². The molecule has 0 spiro atoms. The number of hydrogen-bond donors (Lipinski definition) is 1. The number of ether oxygens (including phenoxy) is 1. The van der Waals surface area contributed by atoms with Crippen LogP contribution >= 0.6 is 11.6 Å². The van der Waals surface area contributed by atoms with Crippen molar-refractivity contribution in [3.8, 4) is 0 Å². The van der Waals surface area contributed by atoms with E-state index in [2.05, 4.69) is 15.2 Å². The number of amides is 1. The summed E-state index contributed by atoms with van der Waals surface area (Å²) in [4.78, 5) is 22.3. The maximum atomic E-state index is 11.3. The number of esters is 1. The van der Waals surface area contributed by atoms with Crippen LogP contribution in [0.5, 0.6) is 0 Å². The first-order chi connectivity index (χ1) is 7.10. The van der Waals surface area contributed by atoms with Gasteiger partial charge in [0.05, 0.1) is 19.0 Å². The van der Waals surface area contributed by atoms with Crippen molar-refractivity contribution in [1.29, 1.82) is 0 Å². The van der Waals surface area contributed by atoms with Gasteiger partial charge in [0.1, 0.15) is 5.88 Å². The Labute approximate surface area is 91.2 Å². The molecule has 0 saturated heterocycles. The third-order valence-corrected chi connectivity index (χ3v) is 1.96. The van der Waals surface area contributed by atoms with Crippen molar-refractivity contribution in [3.05, 3.63) is 11.9 Å². The zero-order valence-corrected chi connectivity index (χ0v) is 9.04. The Hall–Kier alpha value is -1.56. The number of rotatable bonds is 3. The zero-order valence-electron chi connectivity index (χ0n) is 8.28. The van der Waals surface area contributed by atoms with Crippen LogP contribution in [0.1, 0.15) is 10.5 Å². The molecular formula is C8H10ClN3O3. The molecule has 0 radical (unpaired) electrons. The van der Waals surface area contributed by atoms with Crippen LogP contribution in [0.25, 0.3) is 0 Å². The minimum atomic E-state index is -0.570. The van der Waals surface area contributed by atoms with Crippen LogP contribution in [-0.2, 0) is 16.6 Å². The number of aromatic nitrogens is 2. The molecule has 1 N–H and O–H groups in total. The highest BCUT2D eigenvalue weighted by molar-refractivity contribution is 6.29. The number of alkyl halides is 1. The van der Waals surface area contributed by atoms with E-state index in [1.165, 1.54) is 18.0 Å². The molecular weight excluding hydrogens is 222 g/mol. The number of anilines is 1. The lowest BCUT2D eigenvalue weighted by molar-refractivity contribution is -0.113. The second-order valence-electron chi connectivity index (χ2n) is 2.70. The fraction of sp³-hybridized carbons (Fsp3) is 0.375. The second kappa shape index (κ2) is 4.79. The standard InChI is InChI=1S/C8H10ClN3O3/c1-12-7(8(14)15-2)5(4-10-12)11-6(13)3-9/h4H,3H2,1-2H3,(H,11,13). The lowest BCUT2D eigenvalue weighted by Crippen LogP contribution is -2.16. The third kappa shape index (κ3) is 2.47. The summed E-state index contributed by atoms with van der Waals surface area (Å²) in [6.45, 7) is 0. The summed E-state index contributed by atoms with van der Waals surface area (Å²) < 4.78 is 5.86. The molecule has 0 aliphatic carbocycles. The van der Waals surface area contributed by atoms with Gasteiger partial charge < -0.3 is 10.1 Å². The summed E-state index contributed by atoms with van der Waals surface area (Å²) in [6, 6.07) is 0. The number of aryl methyl sites for hydroxylation is 1. The van der Waals surface area contributed by atoms with E-state index in [9.17, 15) is 9.59 Å². The first-order valence-corrected chi connectivity index (χ1v) is 4.59. The molecule has 15 heavy (non-hydrogen) atoms. The molecule has 0 saturated carbocycles. The third-order valence-electron chi connectivity index (χ3n) is 1.71. The van der Waals surface area contributed by atoms with E-state index >= 15 is 0 Å². The number of nitrogens with one attached hydrogen (secondary N) is 1. The van der Waals surface area contributed by atoms with E-state index in [0.717, 1.165) is 0 Å². The number of methoxy groups -OCH3 is 1. The number of carbonyl (C=O) groups is 2. The summed E-state index contributed by atoms with van der Waals surface area (Å²) in [5.74, 6) is -1.16. The van der Waals surface area contributed by atoms with Crippen LogP contribution in [0.15, 0.2) is 6.20 Å². The van der Waals surface area contributed by atoms with E-state index in [-0.39, 0.29) is 17.3 Å². The van der Waals surface area contributed by atoms with Crippen LogP contribution in [0.3, 0.4) is 0 Å². The summed E-state index contributed by atoms with van der Waals surface area (Å²) in [7, 11) is 2.82. The van der Waals surface area contributed by atoms with Gasteiger partial charge in [-0.25, -0.2) is 4.79 Å². The quantitative estimate of drug-likeness (QED) is 0.603. The number of carbonyl (C=O) groups excluding carboxylic acids is 2. The highest BCUT2D eigenvalue weighted by Crippen LogP contribution is 2.14. The maximum Gasteiger partial charge on any atom is 0.358 e. The minimum absolute atomic E-state index is 0.177. The Morgan fingerprint density at radius 1 is 1.67 bits per heavy atom. The van der Waals surface area contributed by atoms with Gasteiger partial charge in [-0.1, -0.05) is 0 Å². The normalized spacial score (nSPS) is 9.80. The molecule has 0 aromatic carbocycles. The highest BCUT2D eigenvalue weighted by Gasteiger charge is 2.18. The summed E-state index contributed by atoms with van der Waals surface area (Å²) >= 11 is 5.32. The molecule has 1 aromatic heterocycles. The van der Waals surface area contributed by atoms with Gasteiger partial charge in [0.25, 0.3) is 0 Å². The summed E-state index contributed by atoms with van der Waals surface area (Å²) in [5, 5.41) is 6.27. The van der Waals surface area contributed by atoms with Crippen LogP contribution in [0.2, 0.25) is 0 Å². The fourth-order valence-electron chi connectivity index (χ4n) is 1.05. The summed E-state index contributed by atoms with van der Waals surface area (Å²) in [5.41, 5.74) is 0.464. The molecule has 1 heterocycles. The van der Waals surface area contributed by atoms with Crippen molar-refractivity contribution in [2.45, 2.75) is 0 Å². The molecule has 0 aliphatic rings. The van der Waals surface area contributed by atoms with Gasteiger partial charge in [0.15, 0.2) is 5.69 Å². The van der Waals surface area contributed by atoms with Gasteiger partial charge in [-0.15, -0.1) is 11.6 Å². The van der Waals surface area contributed by atoms with Crippen LogP contribution < -0.4 is 5.32 Å². The molecule has 82 valence electrons. The van der Waals surface area contributed by atoms with Crippen molar-refractivity contribution < 1.29 is 14.3 Å². The molecule has 6 nitrogen and oxygen atoms in total. The van der Waals surface area contributed by atoms with Crippen molar-refractivity contribution in [2.75, 3.05) is 18.3 Å². The minimum Gasteiger partial charge on any atom is -0.464 e. The van der Waals surface area contributed by atoms with Crippen LogP contribution in [-0.4, -0.2) is 34.6 Å². The topological polar surface area (TPSA) is 73.2 Å². The molecule has 0 unspecified atom stereocenters. The Morgan fingerprint density at radius 3 is 2.87 bits per heavy atom. The molecule has 1 rings (SSSR count). The molecule has 7 heteroatoms. The van der Waals surface area contributed by atoms with Gasteiger partial charge in [-0.2, -0.15) is 5.10 Å². The zero-order chi connectivity index (χ0) is 11.4. The Balaban J connectivity index is 2.98. The fourth-order valence-corrected chi connectivity index (χ4v) is 1.12. The van der Waals surface area contributed by atoms with Crippen LogP contribution in [0.4, 0.5) is 5.69 Å². The molecule has 0 bridgehead atoms. The predicted molar refractivity (Wildman–Crippen MR) is 53.9 cm³/mol. The molecule has 1 amide bonds.